The Morgan fingerprint density at radius 3 is 2.14 bits per heavy atom. The van der Waals surface area contributed by atoms with E-state index in [-0.39, 0.29) is 12.3 Å². The van der Waals surface area contributed by atoms with Gasteiger partial charge in [-0.2, -0.15) is 13.2 Å². The van der Waals surface area contributed by atoms with Crippen molar-refractivity contribution >= 4 is 0 Å². The molecule has 0 aromatic carbocycles. The first-order valence-electron chi connectivity index (χ1n) is 5.10. The molecule has 0 aromatic heterocycles. The third-order valence-corrected chi connectivity index (χ3v) is 3.10. The first-order valence-corrected chi connectivity index (χ1v) is 5.10. The highest BCUT2D eigenvalue weighted by molar-refractivity contribution is 5.00. The zero-order valence-corrected chi connectivity index (χ0v) is 8.56. The van der Waals surface area contributed by atoms with Gasteiger partial charge in [-0.1, -0.05) is 20.3 Å². The van der Waals surface area contributed by atoms with Crippen molar-refractivity contribution < 1.29 is 18.3 Å². The molecule has 14 heavy (non-hydrogen) atoms. The molecule has 1 N–H and O–H groups in total. The molecule has 1 aliphatic rings. The number of hydrogen-bond donors (Lipinski definition) is 1. The lowest BCUT2D eigenvalue weighted by molar-refractivity contribution is -0.274. The number of hydrogen-bond acceptors (Lipinski definition) is 1. The van der Waals surface area contributed by atoms with Gasteiger partial charge >= 0.3 is 6.18 Å². The fourth-order valence-electron chi connectivity index (χ4n) is 1.75. The van der Waals surface area contributed by atoms with Crippen LogP contribution in [0, 0.1) is 11.8 Å². The zero-order valence-electron chi connectivity index (χ0n) is 8.56. The fourth-order valence-corrected chi connectivity index (χ4v) is 1.75. The second-order valence-electron chi connectivity index (χ2n) is 4.41. The molecule has 0 saturated heterocycles. The third kappa shape index (κ3) is 2.22. The molecule has 1 fully saturated rings. The van der Waals surface area contributed by atoms with Gasteiger partial charge in [0.05, 0.1) is 0 Å². The van der Waals surface area contributed by atoms with Crippen LogP contribution in [0.25, 0.3) is 0 Å². The maximum Gasteiger partial charge on any atom is 0.417 e. The largest absolute Gasteiger partial charge is 0.417 e. The Morgan fingerprint density at radius 2 is 1.86 bits per heavy atom. The molecule has 0 amide bonds. The molecule has 0 heterocycles. The van der Waals surface area contributed by atoms with E-state index >= 15 is 0 Å². The van der Waals surface area contributed by atoms with Gasteiger partial charge < -0.3 is 5.11 Å². The van der Waals surface area contributed by atoms with Crippen molar-refractivity contribution in [1.82, 2.24) is 0 Å². The van der Waals surface area contributed by atoms with E-state index in [0.29, 0.717) is 19.3 Å². The summed E-state index contributed by atoms with van der Waals surface area (Å²) in [5, 5.41) is 9.66. The monoisotopic (exact) mass is 210 g/mol. The summed E-state index contributed by atoms with van der Waals surface area (Å²) in [7, 11) is 0. The van der Waals surface area contributed by atoms with E-state index in [2.05, 4.69) is 0 Å². The third-order valence-electron chi connectivity index (χ3n) is 3.10. The van der Waals surface area contributed by atoms with Crippen LogP contribution in [-0.4, -0.2) is 16.9 Å². The molecule has 0 aromatic rings. The van der Waals surface area contributed by atoms with Crippen LogP contribution in [0.15, 0.2) is 0 Å². The van der Waals surface area contributed by atoms with Crippen LogP contribution < -0.4 is 0 Å². The van der Waals surface area contributed by atoms with Crippen molar-refractivity contribution in [3.8, 4) is 0 Å². The highest BCUT2D eigenvalue weighted by Crippen LogP contribution is 2.51. The summed E-state index contributed by atoms with van der Waals surface area (Å²) < 4.78 is 37.9. The normalized spacial score (nSPS) is 24.4. The van der Waals surface area contributed by atoms with Crippen LogP contribution in [0.4, 0.5) is 13.2 Å². The molecule has 1 nitrogen and oxygen atoms in total. The van der Waals surface area contributed by atoms with Gasteiger partial charge in [-0.05, 0) is 31.1 Å². The van der Waals surface area contributed by atoms with Crippen molar-refractivity contribution in [3.63, 3.8) is 0 Å². The van der Waals surface area contributed by atoms with Crippen molar-refractivity contribution in [3.05, 3.63) is 0 Å². The van der Waals surface area contributed by atoms with Crippen molar-refractivity contribution in [2.24, 2.45) is 11.8 Å². The molecular formula is C10H17F3O. The maximum atomic E-state index is 12.6. The lowest BCUT2D eigenvalue weighted by atomic mass is 9.85. The Bertz CT molecular complexity index is 198. The van der Waals surface area contributed by atoms with Crippen LogP contribution in [0.5, 0.6) is 0 Å². The predicted molar refractivity (Wildman–Crippen MR) is 47.8 cm³/mol. The molecule has 4 heteroatoms. The smallest absolute Gasteiger partial charge is 0.380 e. The molecule has 0 radical (unpaired) electrons. The Balaban J connectivity index is 2.71. The number of halogens is 3. The van der Waals surface area contributed by atoms with Gasteiger partial charge in [0, 0.05) is 0 Å². The van der Waals surface area contributed by atoms with Crippen LogP contribution >= 0.6 is 0 Å². The Labute approximate surface area is 82.3 Å². The van der Waals surface area contributed by atoms with Gasteiger partial charge in [0.2, 0.25) is 0 Å². The minimum absolute atomic E-state index is 0.0813. The van der Waals surface area contributed by atoms with Crippen LogP contribution in [0.3, 0.4) is 0 Å². The van der Waals surface area contributed by atoms with Crippen LogP contribution in [0.1, 0.15) is 39.5 Å². The lowest BCUT2D eigenvalue weighted by Gasteiger charge is -2.32. The van der Waals surface area contributed by atoms with Crippen LogP contribution in [0.2, 0.25) is 0 Å². The van der Waals surface area contributed by atoms with Crippen molar-refractivity contribution in [1.29, 1.82) is 0 Å². The zero-order chi connectivity index (χ0) is 11.0. The van der Waals surface area contributed by atoms with Gasteiger partial charge in [0.25, 0.3) is 0 Å². The van der Waals surface area contributed by atoms with E-state index in [0.717, 1.165) is 0 Å². The van der Waals surface area contributed by atoms with Gasteiger partial charge in [-0.3, -0.25) is 0 Å². The van der Waals surface area contributed by atoms with Gasteiger partial charge in [0.1, 0.15) is 0 Å². The second-order valence-corrected chi connectivity index (χ2v) is 4.41. The van der Waals surface area contributed by atoms with Gasteiger partial charge in [-0.15, -0.1) is 0 Å². The summed E-state index contributed by atoms with van der Waals surface area (Å²) >= 11 is 0. The van der Waals surface area contributed by atoms with E-state index in [1.165, 1.54) is 0 Å². The minimum atomic E-state index is -4.47. The summed E-state index contributed by atoms with van der Waals surface area (Å²) in [5.41, 5.74) is -2.43. The molecule has 1 rings (SSSR count). The lowest BCUT2D eigenvalue weighted by Crippen LogP contribution is -2.48. The Hall–Kier alpha value is -0.250. The molecule has 0 bridgehead atoms. The summed E-state index contributed by atoms with van der Waals surface area (Å²) in [5.74, 6) is -0.640. The Kier molecular flexibility index (Phi) is 3.14. The average Bonchev–Trinajstić information content (AvgIpc) is 2.84. The summed E-state index contributed by atoms with van der Waals surface area (Å²) in [6.45, 7) is 3.59. The van der Waals surface area contributed by atoms with E-state index in [1.807, 2.05) is 6.92 Å². The first kappa shape index (κ1) is 11.8. The molecule has 1 aliphatic carbocycles. The number of aliphatic hydroxyl groups is 1. The first-order chi connectivity index (χ1) is 6.31. The summed E-state index contributed by atoms with van der Waals surface area (Å²) in [6.07, 6.45) is -2.95. The second kappa shape index (κ2) is 3.72. The predicted octanol–water partition coefficient (Wildman–Crippen LogP) is 3.13. The highest BCUT2D eigenvalue weighted by Gasteiger charge is 2.61. The van der Waals surface area contributed by atoms with E-state index in [4.69, 9.17) is 0 Å². The molecule has 0 spiro atoms. The number of alkyl halides is 3. The molecular weight excluding hydrogens is 193 g/mol. The van der Waals surface area contributed by atoms with Crippen molar-refractivity contribution in [2.75, 3.05) is 0 Å². The molecule has 0 aliphatic heterocycles. The molecule has 84 valence electrons. The van der Waals surface area contributed by atoms with E-state index in [1.54, 1.807) is 6.92 Å². The highest BCUT2D eigenvalue weighted by atomic mass is 19.4. The van der Waals surface area contributed by atoms with Crippen LogP contribution in [-0.2, 0) is 0 Å². The van der Waals surface area contributed by atoms with E-state index < -0.39 is 17.7 Å². The molecule has 1 saturated carbocycles. The average molecular weight is 210 g/mol. The maximum absolute atomic E-state index is 12.6. The number of rotatable bonds is 4. The van der Waals surface area contributed by atoms with Gasteiger partial charge in [-0.25, -0.2) is 0 Å². The SMILES string of the molecule is CC[C@H](C)CC(O)(C1CC1)C(F)(F)F. The molecule has 2 atom stereocenters. The van der Waals surface area contributed by atoms with Crippen molar-refractivity contribution in [2.45, 2.75) is 51.3 Å². The van der Waals surface area contributed by atoms with E-state index in [9.17, 15) is 18.3 Å². The fraction of sp³-hybridized carbons (Fsp3) is 1.00. The Morgan fingerprint density at radius 1 is 1.36 bits per heavy atom. The summed E-state index contributed by atoms with van der Waals surface area (Å²) in [6, 6.07) is 0. The van der Waals surface area contributed by atoms with Gasteiger partial charge in [0.15, 0.2) is 5.60 Å². The quantitative estimate of drug-likeness (QED) is 0.755. The minimum Gasteiger partial charge on any atom is -0.380 e. The topological polar surface area (TPSA) is 20.2 Å². The standard InChI is InChI=1S/C10H17F3O/c1-3-7(2)6-9(14,8-4-5-8)10(11,12)13/h7-8,14H,3-6H2,1-2H3/t7-,9?/m0/s1. The molecule has 1 unspecified atom stereocenters. The summed E-state index contributed by atoms with van der Waals surface area (Å²) in [4.78, 5) is 0.